The van der Waals surface area contributed by atoms with Gasteiger partial charge in [-0.2, -0.15) is 0 Å². The maximum absolute atomic E-state index is 12.8. The van der Waals surface area contributed by atoms with Crippen LogP contribution < -0.4 is 4.74 Å². The van der Waals surface area contributed by atoms with Crippen LogP contribution in [0.3, 0.4) is 0 Å². The predicted octanol–water partition coefficient (Wildman–Crippen LogP) is 5.82. The van der Waals surface area contributed by atoms with E-state index in [9.17, 15) is 4.79 Å². The Hall–Kier alpha value is -2.66. The number of aryl methyl sites for hydroxylation is 1. The van der Waals surface area contributed by atoms with Crippen LogP contribution in [0.4, 0.5) is 0 Å². The van der Waals surface area contributed by atoms with Crippen LogP contribution in [0.5, 0.6) is 5.75 Å². The number of nitrogens with zero attached hydrogens (tertiary/aromatic N) is 2. The molecule has 2 heterocycles. The van der Waals surface area contributed by atoms with E-state index in [1.807, 2.05) is 17.0 Å². The molecule has 0 bridgehead atoms. The van der Waals surface area contributed by atoms with Gasteiger partial charge in [-0.1, -0.05) is 0 Å². The first kappa shape index (κ1) is 21.6. The van der Waals surface area contributed by atoms with Crippen LogP contribution in [0.25, 0.3) is 16.9 Å². The first-order chi connectivity index (χ1) is 15.2. The molecule has 162 valence electrons. The second-order valence-electron chi connectivity index (χ2n) is 7.91. The summed E-state index contributed by atoms with van der Waals surface area (Å²) >= 11 is 1.74. The number of benzene rings is 2. The fourth-order valence-electron chi connectivity index (χ4n) is 4.23. The van der Waals surface area contributed by atoms with E-state index >= 15 is 0 Å². The molecule has 0 atom stereocenters. The number of aromatic nitrogens is 1. The van der Waals surface area contributed by atoms with Gasteiger partial charge in [0.15, 0.2) is 0 Å². The van der Waals surface area contributed by atoms with Crippen LogP contribution in [0.15, 0.2) is 65.6 Å². The van der Waals surface area contributed by atoms with Crippen molar-refractivity contribution in [1.29, 1.82) is 0 Å². The molecule has 0 N–H and O–H groups in total. The van der Waals surface area contributed by atoms with Crippen LogP contribution >= 0.6 is 11.8 Å². The molecule has 5 heteroatoms. The molecule has 0 unspecified atom stereocenters. The van der Waals surface area contributed by atoms with Gasteiger partial charge in [-0.15, -0.1) is 11.8 Å². The van der Waals surface area contributed by atoms with Crippen molar-refractivity contribution in [2.75, 3.05) is 26.5 Å². The molecule has 0 saturated carbocycles. The van der Waals surface area contributed by atoms with Crippen molar-refractivity contribution in [2.45, 2.75) is 37.0 Å². The molecule has 4 rings (SSSR count). The molecule has 0 aliphatic carbocycles. The van der Waals surface area contributed by atoms with Crippen molar-refractivity contribution in [1.82, 2.24) is 9.47 Å². The highest BCUT2D eigenvalue weighted by Crippen LogP contribution is 2.30. The molecule has 1 aromatic heterocycles. The summed E-state index contributed by atoms with van der Waals surface area (Å²) in [5.74, 6) is 1.12. The van der Waals surface area contributed by atoms with Crippen LogP contribution in [-0.2, 0) is 11.2 Å². The number of hydrogen-bond acceptors (Lipinski definition) is 3. The largest absolute Gasteiger partial charge is 0.497 e. The Labute approximate surface area is 189 Å². The number of carbonyl (C=O) groups excluding carboxylic acids is 1. The number of rotatable bonds is 7. The summed E-state index contributed by atoms with van der Waals surface area (Å²) in [5.41, 5.74) is 4.53. The minimum Gasteiger partial charge on any atom is -0.497 e. The SMILES string of the molecule is COc1ccc(-c2ccc(CCC(=O)N3CCCCC3)n2-c2ccc(SC)cc2)cc1. The van der Waals surface area contributed by atoms with Gasteiger partial charge >= 0.3 is 0 Å². The lowest BCUT2D eigenvalue weighted by Gasteiger charge is -2.26. The first-order valence-corrected chi connectivity index (χ1v) is 12.2. The maximum atomic E-state index is 12.8. The highest BCUT2D eigenvalue weighted by Gasteiger charge is 2.18. The molecule has 4 nitrogen and oxygen atoms in total. The van der Waals surface area contributed by atoms with Gasteiger partial charge < -0.3 is 14.2 Å². The van der Waals surface area contributed by atoms with Gasteiger partial charge in [0.2, 0.25) is 5.91 Å². The number of methoxy groups -OCH3 is 1. The third-order valence-corrected chi connectivity index (χ3v) is 6.73. The van der Waals surface area contributed by atoms with E-state index < -0.39 is 0 Å². The van der Waals surface area contributed by atoms with Crippen molar-refractivity contribution in [2.24, 2.45) is 0 Å². The van der Waals surface area contributed by atoms with Crippen molar-refractivity contribution in [3.63, 3.8) is 0 Å². The lowest BCUT2D eigenvalue weighted by Crippen LogP contribution is -2.35. The third-order valence-electron chi connectivity index (χ3n) is 5.98. The van der Waals surface area contributed by atoms with Crippen LogP contribution in [0.1, 0.15) is 31.4 Å². The van der Waals surface area contributed by atoms with Gasteiger partial charge in [-0.05, 0) is 98.2 Å². The fourth-order valence-corrected chi connectivity index (χ4v) is 4.64. The minimum absolute atomic E-state index is 0.274. The Balaban J connectivity index is 1.63. The number of ether oxygens (including phenoxy) is 1. The number of amides is 1. The van der Waals surface area contributed by atoms with Crippen molar-refractivity contribution < 1.29 is 9.53 Å². The van der Waals surface area contributed by atoms with E-state index in [1.54, 1.807) is 18.9 Å². The van der Waals surface area contributed by atoms with Gasteiger partial charge in [-0.3, -0.25) is 4.79 Å². The summed E-state index contributed by atoms with van der Waals surface area (Å²) in [6.45, 7) is 1.82. The molecular formula is C26H30N2O2S. The number of piperidine rings is 1. The molecule has 1 aliphatic heterocycles. The molecule has 1 fully saturated rings. The fraction of sp³-hybridized carbons (Fsp3) is 0.346. The van der Waals surface area contributed by atoms with Crippen molar-refractivity contribution in [3.05, 3.63) is 66.4 Å². The topological polar surface area (TPSA) is 34.5 Å². The number of hydrogen-bond donors (Lipinski definition) is 0. The number of carbonyl (C=O) groups is 1. The third kappa shape index (κ3) is 4.99. The number of likely N-dealkylation sites (tertiary alicyclic amines) is 1. The van der Waals surface area contributed by atoms with Gasteiger partial charge in [-0.25, -0.2) is 0 Å². The van der Waals surface area contributed by atoms with Crippen molar-refractivity contribution in [3.8, 4) is 22.7 Å². The van der Waals surface area contributed by atoms with E-state index in [-0.39, 0.29) is 5.91 Å². The van der Waals surface area contributed by atoms with E-state index in [1.165, 1.54) is 11.3 Å². The Bertz CT molecular complexity index is 1000. The molecule has 0 spiro atoms. The number of thioether (sulfide) groups is 1. The maximum Gasteiger partial charge on any atom is 0.222 e. The summed E-state index contributed by atoms with van der Waals surface area (Å²) < 4.78 is 7.61. The lowest BCUT2D eigenvalue weighted by molar-refractivity contribution is -0.132. The zero-order valence-electron chi connectivity index (χ0n) is 18.3. The molecular weight excluding hydrogens is 404 g/mol. The monoisotopic (exact) mass is 434 g/mol. The molecule has 31 heavy (non-hydrogen) atoms. The second kappa shape index (κ2) is 10.1. The van der Waals surface area contributed by atoms with Gasteiger partial charge in [0.1, 0.15) is 5.75 Å². The molecule has 1 amide bonds. The van der Waals surface area contributed by atoms with Crippen molar-refractivity contribution >= 4 is 17.7 Å². The average Bonchev–Trinajstić information content (AvgIpc) is 3.27. The predicted molar refractivity (Wildman–Crippen MR) is 128 cm³/mol. The summed E-state index contributed by atoms with van der Waals surface area (Å²) in [7, 11) is 1.68. The van der Waals surface area contributed by atoms with Gasteiger partial charge in [0.25, 0.3) is 0 Å². The van der Waals surface area contributed by atoms with E-state index in [4.69, 9.17) is 4.74 Å². The highest BCUT2D eigenvalue weighted by atomic mass is 32.2. The molecule has 1 saturated heterocycles. The van der Waals surface area contributed by atoms with E-state index in [2.05, 4.69) is 59.4 Å². The summed E-state index contributed by atoms with van der Waals surface area (Å²) in [5, 5.41) is 0. The van der Waals surface area contributed by atoms with E-state index in [0.717, 1.165) is 60.7 Å². The van der Waals surface area contributed by atoms with Crippen LogP contribution in [0.2, 0.25) is 0 Å². The molecule has 3 aromatic rings. The summed E-state index contributed by atoms with van der Waals surface area (Å²) in [6.07, 6.45) is 6.87. The Morgan fingerprint density at radius 3 is 2.29 bits per heavy atom. The second-order valence-corrected chi connectivity index (χ2v) is 8.79. The van der Waals surface area contributed by atoms with Crippen LogP contribution in [-0.4, -0.2) is 41.8 Å². The summed E-state index contributed by atoms with van der Waals surface area (Å²) in [4.78, 5) is 16.0. The molecule has 2 aromatic carbocycles. The highest BCUT2D eigenvalue weighted by molar-refractivity contribution is 7.98. The zero-order chi connectivity index (χ0) is 21.6. The normalized spacial score (nSPS) is 13.9. The quantitative estimate of drug-likeness (QED) is 0.440. The lowest BCUT2D eigenvalue weighted by atomic mass is 10.1. The van der Waals surface area contributed by atoms with Crippen LogP contribution in [0, 0.1) is 0 Å². The Morgan fingerprint density at radius 1 is 0.935 bits per heavy atom. The Kier molecular flexibility index (Phi) is 7.03. The first-order valence-electron chi connectivity index (χ1n) is 11.0. The molecule has 0 radical (unpaired) electrons. The van der Waals surface area contributed by atoms with E-state index in [0.29, 0.717) is 6.42 Å². The smallest absolute Gasteiger partial charge is 0.222 e. The van der Waals surface area contributed by atoms with Gasteiger partial charge in [0.05, 0.1) is 12.8 Å². The zero-order valence-corrected chi connectivity index (χ0v) is 19.2. The molecule has 1 aliphatic rings. The Morgan fingerprint density at radius 2 is 1.65 bits per heavy atom. The standard InChI is InChI=1S/C26H30N2O2S/c1-30-23-12-6-20(7-13-23)25-16-10-22(11-17-26(29)27-18-4-3-5-19-27)28(25)21-8-14-24(31-2)15-9-21/h6-10,12-16H,3-5,11,17-19H2,1-2H3. The minimum atomic E-state index is 0.274. The van der Waals surface area contributed by atoms with Gasteiger partial charge in [0, 0.05) is 35.8 Å². The average molecular weight is 435 g/mol. The summed E-state index contributed by atoms with van der Waals surface area (Å²) in [6, 6.07) is 21.1.